The van der Waals surface area contributed by atoms with Crippen LogP contribution < -0.4 is 10.6 Å². The molecular weight excluding hydrogens is 251 g/mol. The second kappa shape index (κ2) is 6.72. The lowest BCUT2D eigenvalue weighted by atomic mass is 10.1. The standard InChI is InChI=1S/C13H17FN2O3/c1-3-7-15-12(17)8(2)16-11-9(13(18)19)5-4-6-10(11)14/h4-6,8,16H,3,7H2,1-2H3,(H,15,17)(H,18,19). The molecule has 0 heterocycles. The van der Waals surface area contributed by atoms with Crippen LogP contribution in [0.2, 0.25) is 0 Å². The first-order valence-corrected chi connectivity index (χ1v) is 6.03. The van der Waals surface area contributed by atoms with Crippen LogP contribution in [0.4, 0.5) is 10.1 Å². The van der Waals surface area contributed by atoms with E-state index in [1.807, 2.05) is 6.92 Å². The van der Waals surface area contributed by atoms with Crippen molar-refractivity contribution in [1.29, 1.82) is 0 Å². The monoisotopic (exact) mass is 268 g/mol. The largest absolute Gasteiger partial charge is 0.478 e. The van der Waals surface area contributed by atoms with E-state index in [9.17, 15) is 14.0 Å². The number of carboxylic acid groups (broad SMARTS) is 1. The van der Waals surface area contributed by atoms with Crippen molar-refractivity contribution >= 4 is 17.6 Å². The van der Waals surface area contributed by atoms with Crippen LogP contribution in [-0.2, 0) is 4.79 Å². The topological polar surface area (TPSA) is 78.4 Å². The van der Waals surface area contributed by atoms with Gasteiger partial charge in [-0.2, -0.15) is 0 Å². The Morgan fingerprint density at radius 2 is 2.11 bits per heavy atom. The second-order valence-electron chi connectivity index (χ2n) is 4.12. The number of aromatic carboxylic acids is 1. The number of halogens is 1. The average Bonchev–Trinajstić information content (AvgIpc) is 2.37. The van der Waals surface area contributed by atoms with Gasteiger partial charge in [0, 0.05) is 6.54 Å². The maximum absolute atomic E-state index is 13.6. The molecule has 0 aliphatic carbocycles. The summed E-state index contributed by atoms with van der Waals surface area (Å²) in [6, 6.07) is 3.02. The Labute approximate surface area is 110 Å². The number of benzene rings is 1. The average molecular weight is 268 g/mol. The first-order valence-electron chi connectivity index (χ1n) is 6.03. The van der Waals surface area contributed by atoms with Gasteiger partial charge in [0.2, 0.25) is 5.91 Å². The lowest BCUT2D eigenvalue weighted by Gasteiger charge is -2.17. The molecule has 104 valence electrons. The third-order valence-electron chi connectivity index (χ3n) is 2.55. The quantitative estimate of drug-likeness (QED) is 0.735. The lowest BCUT2D eigenvalue weighted by Crippen LogP contribution is -2.38. The van der Waals surface area contributed by atoms with Gasteiger partial charge in [0.05, 0.1) is 11.3 Å². The van der Waals surface area contributed by atoms with Gasteiger partial charge in [-0.05, 0) is 25.5 Å². The van der Waals surface area contributed by atoms with Crippen LogP contribution in [0.3, 0.4) is 0 Å². The Bertz CT molecular complexity index is 477. The number of anilines is 1. The smallest absolute Gasteiger partial charge is 0.337 e. The van der Waals surface area contributed by atoms with Crippen molar-refractivity contribution < 1.29 is 19.1 Å². The second-order valence-corrected chi connectivity index (χ2v) is 4.12. The predicted octanol–water partition coefficient (Wildman–Crippen LogP) is 1.85. The molecule has 0 aliphatic rings. The van der Waals surface area contributed by atoms with Crippen LogP contribution in [0.5, 0.6) is 0 Å². The highest BCUT2D eigenvalue weighted by Gasteiger charge is 2.19. The number of carboxylic acids is 1. The Balaban J connectivity index is 2.87. The van der Waals surface area contributed by atoms with Crippen LogP contribution in [0.25, 0.3) is 0 Å². The molecule has 0 saturated heterocycles. The zero-order valence-corrected chi connectivity index (χ0v) is 10.9. The van der Waals surface area contributed by atoms with Crippen LogP contribution >= 0.6 is 0 Å². The summed E-state index contributed by atoms with van der Waals surface area (Å²) in [5.41, 5.74) is -0.371. The van der Waals surface area contributed by atoms with Crippen molar-refractivity contribution in [3.05, 3.63) is 29.6 Å². The molecule has 0 saturated carbocycles. The van der Waals surface area contributed by atoms with E-state index in [2.05, 4.69) is 10.6 Å². The van der Waals surface area contributed by atoms with E-state index in [0.29, 0.717) is 6.54 Å². The molecule has 0 aromatic heterocycles. The number of rotatable bonds is 6. The van der Waals surface area contributed by atoms with Crippen LogP contribution in [0.1, 0.15) is 30.6 Å². The Kier molecular flexibility index (Phi) is 5.29. The molecule has 1 amide bonds. The Morgan fingerprint density at radius 3 is 2.68 bits per heavy atom. The molecule has 1 aromatic rings. The zero-order valence-electron chi connectivity index (χ0n) is 10.9. The van der Waals surface area contributed by atoms with E-state index < -0.39 is 17.8 Å². The van der Waals surface area contributed by atoms with E-state index in [4.69, 9.17) is 5.11 Å². The van der Waals surface area contributed by atoms with E-state index in [0.717, 1.165) is 12.5 Å². The fourth-order valence-electron chi connectivity index (χ4n) is 1.53. The lowest BCUT2D eigenvalue weighted by molar-refractivity contribution is -0.121. The SMILES string of the molecule is CCCNC(=O)C(C)Nc1c(F)cccc1C(=O)O. The summed E-state index contributed by atoms with van der Waals surface area (Å²) in [5, 5.41) is 14.2. The number of carbonyl (C=O) groups excluding carboxylic acids is 1. The normalized spacial score (nSPS) is 11.7. The highest BCUT2D eigenvalue weighted by atomic mass is 19.1. The van der Waals surface area contributed by atoms with Gasteiger partial charge in [0.25, 0.3) is 0 Å². The number of nitrogens with one attached hydrogen (secondary N) is 2. The number of hydrogen-bond donors (Lipinski definition) is 3. The van der Waals surface area contributed by atoms with Gasteiger partial charge in [-0.15, -0.1) is 0 Å². The molecule has 0 aliphatic heterocycles. The third-order valence-corrected chi connectivity index (χ3v) is 2.55. The molecule has 5 nitrogen and oxygen atoms in total. The zero-order chi connectivity index (χ0) is 14.4. The minimum absolute atomic E-state index is 0.172. The van der Waals surface area contributed by atoms with Gasteiger partial charge in [-0.25, -0.2) is 9.18 Å². The van der Waals surface area contributed by atoms with Crippen LogP contribution in [0, 0.1) is 5.82 Å². The van der Waals surface area contributed by atoms with Crippen molar-refractivity contribution in [2.75, 3.05) is 11.9 Å². The molecule has 3 N–H and O–H groups in total. The van der Waals surface area contributed by atoms with Gasteiger partial charge in [-0.3, -0.25) is 4.79 Å². The molecule has 1 unspecified atom stereocenters. The summed E-state index contributed by atoms with van der Waals surface area (Å²) < 4.78 is 13.6. The molecular formula is C13H17FN2O3. The minimum Gasteiger partial charge on any atom is -0.478 e. The van der Waals surface area contributed by atoms with Crippen molar-refractivity contribution in [3.63, 3.8) is 0 Å². The van der Waals surface area contributed by atoms with E-state index in [1.54, 1.807) is 6.92 Å². The Hall–Kier alpha value is -2.11. The fraction of sp³-hybridized carbons (Fsp3) is 0.385. The highest BCUT2D eigenvalue weighted by molar-refractivity contribution is 5.95. The van der Waals surface area contributed by atoms with Gasteiger partial charge >= 0.3 is 5.97 Å². The number of hydrogen-bond acceptors (Lipinski definition) is 3. The molecule has 6 heteroatoms. The van der Waals surface area contributed by atoms with Gasteiger partial charge in [-0.1, -0.05) is 13.0 Å². The maximum Gasteiger partial charge on any atom is 0.337 e. The maximum atomic E-state index is 13.6. The number of amides is 1. The number of carbonyl (C=O) groups is 2. The molecule has 0 fully saturated rings. The van der Waals surface area contributed by atoms with E-state index in [-0.39, 0.29) is 17.2 Å². The van der Waals surface area contributed by atoms with Crippen molar-refractivity contribution in [1.82, 2.24) is 5.32 Å². The number of para-hydroxylation sites is 1. The molecule has 0 radical (unpaired) electrons. The predicted molar refractivity (Wildman–Crippen MR) is 69.7 cm³/mol. The van der Waals surface area contributed by atoms with E-state index in [1.165, 1.54) is 12.1 Å². The highest BCUT2D eigenvalue weighted by Crippen LogP contribution is 2.20. The molecule has 19 heavy (non-hydrogen) atoms. The van der Waals surface area contributed by atoms with E-state index >= 15 is 0 Å². The van der Waals surface area contributed by atoms with Crippen LogP contribution in [-0.4, -0.2) is 29.6 Å². The van der Waals surface area contributed by atoms with Gasteiger partial charge in [0.1, 0.15) is 11.9 Å². The molecule has 1 rings (SSSR count). The summed E-state index contributed by atoms with van der Waals surface area (Å²) in [4.78, 5) is 22.6. The molecule has 0 bridgehead atoms. The summed E-state index contributed by atoms with van der Waals surface area (Å²) in [5.74, 6) is -2.25. The van der Waals surface area contributed by atoms with Crippen molar-refractivity contribution in [3.8, 4) is 0 Å². The summed E-state index contributed by atoms with van der Waals surface area (Å²) in [7, 11) is 0. The summed E-state index contributed by atoms with van der Waals surface area (Å²) >= 11 is 0. The first-order chi connectivity index (χ1) is 8.97. The van der Waals surface area contributed by atoms with Crippen molar-refractivity contribution in [2.45, 2.75) is 26.3 Å². The van der Waals surface area contributed by atoms with Crippen molar-refractivity contribution in [2.24, 2.45) is 0 Å². The summed E-state index contributed by atoms with van der Waals surface area (Å²) in [6.45, 7) is 3.98. The van der Waals surface area contributed by atoms with Gasteiger partial charge < -0.3 is 15.7 Å². The summed E-state index contributed by atoms with van der Waals surface area (Å²) in [6.07, 6.45) is 0.790. The minimum atomic E-state index is -1.25. The van der Waals surface area contributed by atoms with Crippen LogP contribution in [0.15, 0.2) is 18.2 Å². The fourth-order valence-corrected chi connectivity index (χ4v) is 1.53. The molecule has 0 spiro atoms. The molecule has 1 aromatic carbocycles. The Morgan fingerprint density at radius 1 is 1.42 bits per heavy atom. The third kappa shape index (κ3) is 3.94. The first kappa shape index (κ1) is 14.9. The van der Waals surface area contributed by atoms with Gasteiger partial charge in [0.15, 0.2) is 0 Å². The molecule has 1 atom stereocenters.